The molecule has 5 nitrogen and oxygen atoms in total. The summed E-state index contributed by atoms with van der Waals surface area (Å²) in [6, 6.07) is 3.69. The van der Waals surface area contributed by atoms with Gasteiger partial charge in [-0.1, -0.05) is 6.07 Å². The van der Waals surface area contributed by atoms with Crippen molar-refractivity contribution < 1.29 is 14.6 Å². The van der Waals surface area contributed by atoms with E-state index in [2.05, 4.69) is 10.2 Å². The first-order chi connectivity index (χ1) is 11.6. The lowest BCUT2D eigenvalue weighted by molar-refractivity contribution is 0.0535. The molecule has 0 radical (unpaired) electrons. The van der Waals surface area contributed by atoms with E-state index in [0.29, 0.717) is 18.7 Å². The fourth-order valence-electron chi connectivity index (χ4n) is 4.67. The Hall–Kier alpha value is -1.43. The molecule has 0 aromatic heterocycles. The maximum atomic E-state index is 11.7. The minimum Gasteiger partial charge on any atom is -0.457 e. The van der Waals surface area contributed by atoms with Crippen LogP contribution >= 0.6 is 0 Å². The molecule has 4 rings (SSSR count). The van der Waals surface area contributed by atoms with Crippen LogP contribution in [-0.4, -0.2) is 47.7 Å². The first-order valence-corrected chi connectivity index (χ1v) is 9.03. The van der Waals surface area contributed by atoms with Gasteiger partial charge >= 0.3 is 5.97 Å². The highest BCUT2D eigenvalue weighted by atomic mass is 16.5. The summed E-state index contributed by atoms with van der Waals surface area (Å²) in [6.07, 6.45) is 4.41. The number of cyclic esters (lactones) is 1. The van der Waals surface area contributed by atoms with Crippen molar-refractivity contribution in [2.24, 2.45) is 0 Å². The maximum Gasteiger partial charge on any atom is 0.338 e. The van der Waals surface area contributed by atoms with Crippen molar-refractivity contribution in [2.45, 2.75) is 50.9 Å². The average molecular weight is 330 g/mol. The number of carbonyl (C=O) groups excluding carboxylic acids is 1. The SMILES string of the molecule is Cc1c([C@@H](O)CN2CCCC3(CCCN3)C2)ccc2c1COC2=O. The molecule has 0 aliphatic carbocycles. The highest BCUT2D eigenvalue weighted by Gasteiger charge is 2.38. The summed E-state index contributed by atoms with van der Waals surface area (Å²) in [6.45, 7) is 6.15. The molecule has 0 saturated carbocycles. The summed E-state index contributed by atoms with van der Waals surface area (Å²) < 4.78 is 5.11. The van der Waals surface area contributed by atoms with E-state index in [4.69, 9.17) is 4.74 Å². The van der Waals surface area contributed by atoms with Gasteiger partial charge in [-0.25, -0.2) is 4.79 Å². The smallest absolute Gasteiger partial charge is 0.338 e. The number of carbonyl (C=O) groups is 1. The standard InChI is InChI=1S/C19H26N2O3/c1-13-14(4-5-15-16(13)11-24-18(15)23)17(22)10-21-9-3-7-19(12-21)6-2-8-20-19/h4-5,17,20,22H,2-3,6-12H2,1H3/t17-,19?/m0/s1. The van der Waals surface area contributed by atoms with Gasteiger partial charge in [-0.2, -0.15) is 0 Å². The molecule has 5 heteroatoms. The van der Waals surface area contributed by atoms with E-state index in [1.807, 2.05) is 13.0 Å². The number of aliphatic hydroxyl groups is 1. The molecular formula is C19H26N2O3. The van der Waals surface area contributed by atoms with Crippen molar-refractivity contribution in [1.29, 1.82) is 0 Å². The number of piperidine rings is 1. The van der Waals surface area contributed by atoms with Gasteiger partial charge in [0.05, 0.1) is 11.7 Å². The molecule has 1 unspecified atom stereocenters. The van der Waals surface area contributed by atoms with Crippen molar-refractivity contribution in [1.82, 2.24) is 10.2 Å². The van der Waals surface area contributed by atoms with Gasteiger partial charge in [-0.05, 0) is 62.9 Å². The zero-order valence-corrected chi connectivity index (χ0v) is 14.3. The first-order valence-electron chi connectivity index (χ1n) is 9.03. The summed E-state index contributed by atoms with van der Waals surface area (Å²) >= 11 is 0. The molecule has 0 amide bonds. The van der Waals surface area contributed by atoms with Crippen molar-refractivity contribution in [3.8, 4) is 0 Å². The quantitative estimate of drug-likeness (QED) is 0.829. The van der Waals surface area contributed by atoms with Crippen LogP contribution in [0.3, 0.4) is 0 Å². The molecule has 1 spiro atoms. The highest BCUT2D eigenvalue weighted by molar-refractivity contribution is 5.93. The topological polar surface area (TPSA) is 61.8 Å². The molecule has 1 aromatic carbocycles. The summed E-state index contributed by atoms with van der Waals surface area (Å²) in [5.41, 5.74) is 3.77. The van der Waals surface area contributed by atoms with E-state index >= 15 is 0 Å². The first kappa shape index (κ1) is 16.1. The van der Waals surface area contributed by atoms with Gasteiger partial charge in [0.2, 0.25) is 0 Å². The number of nitrogens with zero attached hydrogens (tertiary/aromatic N) is 1. The Balaban J connectivity index is 1.48. The molecule has 2 fully saturated rings. The maximum absolute atomic E-state index is 11.7. The number of rotatable bonds is 3. The summed E-state index contributed by atoms with van der Waals surface area (Å²) in [4.78, 5) is 14.0. The second-order valence-corrected chi connectivity index (χ2v) is 7.55. The third kappa shape index (κ3) is 2.75. The van der Waals surface area contributed by atoms with Crippen molar-refractivity contribution in [3.05, 3.63) is 34.4 Å². The van der Waals surface area contributed by atoms with Crippen LogP contribution in [0.25, 0.3) is 0 Å². The molecule has 1 aromatic rings. The van der Waals surface area contributed by atoms with E-state index in [0.717, 1.165) is 36.3 Å². The number of benzene rings is 1. The minimum absolute atomic E-state index is 0.251. The summed E-state index contributed by atoms with van der Waals surface area (Å²) in [7, 11) is 0. The van der Waals surface area contributed by atoms with Crippen LogP contribution in [0.2, 0.25) is 0 Å². The second kappa shape index (κ2) is 6.14. The van der Waals surface area contributed by atoms with Crippen LogP contribution < -0.4 is 5.32 Å². The van der Waals surface area contributed by atoms with E-state index in [-0.39, 0.29) is 11.5 Å². The normalized spacial score (nSPS) is 28.2. The largest absolute Gasteiger partial charge is 0.457 e. The van der Waals surface area contributed by atoms with E-state index < -0.39 is 6.10 Å². The van der Waals surface area contributed by atoms with Crippen molar-refractivity contribution in [3.63, 3.8) is 0 Å². The summed E-state index contributed by atoms with van der Waals surface area (Å²) in [5.74, 6) is -0.251. The number of likely N-dealkylation sites (tertiary alicyclic amines) is 1. The van der Waals surface area contributed by atoms with Gasteiger partial charge in [-0.15, -0.1) is 0 Å². The zero-order valence-electron chi connectivity index (χ0n) is 14.3. The molecular weight excluding hydrogens is 304 g/mol. The lowest BCUT2D eigenvalue weighted by Gasteiger charge is -2.41. The van der Waals surface area contributed by atoms with E-state index in [9.17, 15) is 9.90 Å². The number of nitrogens with one attached hydrogen (secondary N) is 1. The van der Waals surface area contributed by atoms with Crippen LogP contribution in [0.15, 0.2) is 12.1 Å². The number of esters is 1. The van der Waals surface area contributed by atoms with Gasteiger partial charge in [-0.3, -0.25) is 4.90 Å². The highest BCUT2D eigenvalue weighted by Crippen LogP contribution is 2.32. The molecule has 2 N–H and O–H groups in total. The number of aliphatic hydroxyl groups excluding tert-OH is 1. The number of β-amino-alcohol motifs (C(OH)–C–C–N with tert-alkyl or cyclic N) is 1. The van der Waals surface area contributed by atoms with Crippen LogP contribution in [0.1, 0.15) is 58.8 Å². The Morgan fingerprint density at radius 1 is 1.38 bits per heavy atom. The Morgan fingerprint density at radius 2 is 2.21 bits per heavy atom. The third-order valence-corrected chi connectivity index (χ3v) is 5.99. The summed E-state index contributed by atoms with van der Waals surface area (Å²) in [5, 5.41) is 14.5. The molecule has 3 heterocycles. The lowest BCUT2D eigenvalue weighted by atomic mass is 9.87. The Labute approximate surface area is 143 Å². The number of fused-ring (bicyclic) bond motifs is 1. The second-order valence-electron chi connectivity index (χ2n) is 7.55. The molecule has 24 heavy (non-hydrogen) atoms. The van der Waals surface area contributed by atoms with Gasteiger partial charge in [0.15, 0.2) is 0 Å². The monoisotopic (exact) mass is 330 g/mol. The van der Waals surface area contributed by atoms with Gasteiger partial charge in [0.25, 0.3) is 0 Å². The average Bonchev–Trinajstić information content (AvgIpc) is 3.16. The predicted octanol–water partition coefficient (Wildman–Crippen LogP) is 1.92. The molecule has 3 aliphatic rings. The Kier molecular flexibility index (Phi) is 4.11. The lowest BCUT2D eigenvalue weighted by Crippen LogP contribution is -2.54. The predicted molar refractivity (Wildman–Crippen MR) is 90.9 cm³/mol. The van der Waals surface area contributed by atoms with Gasteiger partial charge < -0.3 is 15.2 Å². The van der Waals surface area contributed by atoms with E-state index in [1.165, 1.54) is 25.7 Å². The molecule has 2 atom stereocenters. The molecule has 130 valence electrons. The van der Waals surface area contributed by atoms with Crippen LogP contribution in [0, 0.1) is 6.92 Å². The fraction of sp³-hybridized carbons (Fsp3) is 0.632. The Morgan fingerprint density at radius 3 is 3.00 bits per heavy atom. The fourth-order valence-corrected chi connectivity index (χ4v) is 4.67. The minimum atomic E-state index is -0.525. The third-order valence-electron chi connectivity index (χ3n) is 5.99. The molecule has 3 aliphatic heterocycles. The van der Waals surface area contributed by atoms with E-state index in [1.54, 1.807) is 6.07 Å². The number of hydrogen-bond donors (Lipinski definition) is 2. The van der Waals surface area contributed by atoms with Gasteiger partial charge in [0.1, 0.15) is 6.61 Å². The van der Waals surface area contributed by atoms with Crippen LogP contribution in [-0.2, 0) is 11.3 Å². The number of ether oxygens (including phenoxy) is 1. The molecule has 0 bridgehead atoms. The van der Waals surface area contributed by atoms with Crippen LogP contribution in [0.4, 0.5) is 0 Å². The Bertz CT molecular complexity index is 652. The number of hydrogen-bond acceptors (Lipinski definition) is 5. The van der Waals surface area contributed by atoms with Crippen molar-refractivity contribution >= 4 is 5.97 Å². The zero-order chi connectivity index (χ0) is 16.7. The van der Waals surface area contributed by atoms with Crippen molar-refractivity contribution in [2.75, 3.05) is 26.2 Å². The van der Waals surface area contributed by atoms with Gasteiger partial charge in [0, 0.05) is 24.2 Å². The van der Waals surface area contributed by atoms with Crippen LogP contribution in [0.5, 0.6) is 0 Å². The molecule has 2 saturated heterocycles.